The molecule has 1 amide bonds. The lowest BCUT2D eigenvalue weighted by atomic mass is 9.88. The lowest BCUT2D eigenvalue weighted by Gasteiger charge is -2.15. The van der Waals surface area contributed by atoms with Gasteiger partial charge in [0.2, 0.25) is 5.91 Å². The summed E-state index contributed by atoms with van der Waals surface area (Å²) in [6.07, 6.45) is 2.71. The van der Waals surface area contributed by atoms with Crippen molar-refractivity contribution in [1.29, 1.82) is 0 Å². The molecule has 0 atom stereocenters. The predicted molar refractivity (Wildman–Crippen MR) is 57.0 cm³/mol. The molecule has 14 heavy (non-hydrogen) atoms. The van der Waals surface area contributed by atoms with Gasteiger partial charge in [-0.05, 0) is 12.8 Å². The van der Waals surface area contributed by atoms with E-state index in [4.69, 9.17) is 0 Å². The molecule has 0 aromatic heterocycles. The van der Waals surface area contributed by atoms with Gasteiger partial charge in [-0.3, -0.25) is 9.59 Å². The summed E-state index contributed by atoms with van der Waals surface area (Å²) in [4.78, 5) is 22.3. The number of rotatable bonds is 5. The van der Waals surface area contributed by atoms with Crippen molar-refractivity contribution >= 4 is 11.7 Å². The zero-order chi connectivity index (χ0) is 11.2. The van der Waals surface area contributed by atoms with Gasteiger partial charge in [0.05, 0.1) is 0 Å². The monoisotopic (exact) mass is 199 g/mol. The lowest BCUT2D eigenvalue weighted by Crippen LogP contribution is -2.20. The molecule has 0 rings (SSSR count). The van der Waals surface area contributed by atoms with E-state index in [9.17, 15) is 9.59 Å². The third kappa shape index (κ3) is 5.73. The third-order valence-electron chi connectivity index (χ3n) is 2.17. The van der Waals surface area contributed by atoms with Gasteiger partial charge < -0.3 is 5.32 Å². The molecule has 0 spiro atoms. The maximum absolute atomic E-state index is 11.5. The van der Waals surface area contributed by atoms with Gasteiger partial charge in [0, 0.05) is 25.3 Å². The van der Waals surface area contributed by atoms with Crippen LogP contribution in [0.3, 0.4) is 0 Å². The van der Waals surface area contributed by atoms with E-state index in [1.165, 1.54) is 0 Å². The Morgan fingerprint density at radius 3 is 2.00 bits per heavy atom. The molecule has 1 N–H and O–H groups in total. The highest BCUT2D eigenvalue weighted by Crippen LogP contribution is 2.18. The van der Waals surface area contributed by atoms with E-state index in [0.717, 1.165) is 12.8 Å². The molecule has 0 aliphatic carbocycles. The fraction of sp³-hybridized carbons (Fsp3) is 0.818. The molecular weight excluding hydrogens is 178 g/mol. The first kappa shape index (κ1) is 13.1. The second kappa shape index (κ2) is 5.78. The van der Waals surface area contributed by atoms with Gasteiger partial charge >= 0.3 is 0 Å². The number of Topliss-reactive ketones (excluding diaryl/α,β-unsaturated/α-hetero) is 1. The van der Waals surface area contributed by atoms with Gasteiger partial charge in [0.1, 0.15) is 5.78 Å². The fourth-order valence-electron chi connectivity index (χ4n) is 1.07. The van der Waals surface area contributed by atoms with Gasteiger partial charge in [-0.25, -0.2) is 0 Å². The Morgan fingerprint density at radius 1 is 1.07 bits per heavy atom. The van der Waals surface area contributed by atoms with E-state index in [2.05, 4.69) is 5.32 Å². The minimum atomic E-state index is -0.243. The Labute approximate surface area is 86.3 Å². The number of unbranched alkanes of at least 4 members (excludes halogenated alkanes) is 1. The van der Waals surface area contributed by atoms with Crippen LogP contribution in [0.2, 0.25) is 0 Å². The summed E-state index contributed by atoms with van der Waals surface area (Å²) in [7, 11) is 1.63. The molecule has 0 saturated carbocycles. The average molecular weight is 199 g/mol. The highest BCUT2D eigenvalue weighted by atomic mass is 16.1. The van der Waals surface area contributed by atoms with Crippen LogP contribution in [-0.4, -0.2) is 18.7 Å². The number of hydrogen-bond donors (Lipinski definition) is 1. The molecule has 0 aromatic rings. The predicted octanol–water partition coefficient (Wildman–Crippen LogP) is 1.91. The van der Waals surface area contributed by atoms with Gasteiger partial charge in [-0.15, -0.1) is 0 Å². The normalized spacial score (nSPS) is 11.1. The fourth-order valence-corrected chi connectivity index (χ4v) is 1.07. The maximum atomic E-state index is 11.5. The van der Waals surface area contributed by atoms with Crippen LogP contribution in [-0.2, 0) is 9.59 Å². The van der Waals surface area contributed by atoms with Crippen LogP contribution in [0, 0.1) is 5.41 Å². The van der Waals surface area contributed by atoms with Crippen LogP contribution in [0.25, 0.3) is 0 Å². The van der Waals surface area contributed by atoms with Gasteiger partial charge in [0.25, 0.3) is 0 Å². The first-order valence-corrected chi connectivity index (χ1v) is 5.12. The van der Waals surface area contributed by atoms with Crippen molar-refractivity contribution in [2.75, 3.05) is 7.05 Å². The van der Waals surface area contributed by atoms with E-state index in [-0.39, 0.29) is 17.1 Å². The maximum Gasteiger partial charge on any atom is 0.219 e. The summed E-state index contributed by atoms with van der Waals surface area (Å²) in [6.45, 7) is 5.77. The van der Waals surface area contributed by atoms with E-state index >= 15 is 0 Å². The van der Waals surface area contributed by atoms with Crippen molar-refractivity contribution in [2.24, 2.45) is 5.41 Å². The molecule has 0 aliphatic heterocycles. The Balaban J connectivity index is 3.56. The van der Waals surface area contributed by atoms with E-state index in [1.54, 1.807) is 7.05 Å². The van der Waals surface area contributed by atoms with Crippen LogP contribution >= 0.6 is 0 Å². The van der Waals surface area contributed by atoms with Gasteiger partial charge in [-0.2, -0.15) is 0 Å². The van der Waals surface area contributed by atoms with Crippen molar-refractivity contribution in [2.45, 2.75) is 46.5 Å². The van der Waals surface area contributed by atoms with Crippen LogP contribution in [0.1, 0.15) is 46.5 Å². The van der Waals surface area contributed by atoms with Crippen molar-refractivity contribution in [3.05, 3.63) is 0 Å². The van der Waals surface area contributed by atoms with Crippen molar-refractivity contribution in [1.82, 2.24) is 5.32 Å². The highest BCUT2D eigenvalue weighted by Gasteiger charge is 2.19. The third-order valence-corrected chi connectivity index (χ3v) is 2.17. The van der Waals surface area contributed by atoms with Gasteiger partial charge in [-0.1, -0.05) is 20.8 Å². The Hall–Kier alpha value is -0.860. The standard InChI is InChI=1S/C11H21NO2/c1-11(2,3)9(13)7-5-6-8-10(14)12-4/h5-8H2,1-4H3,(H,12,14). The Bertz CT molecular complexity index is 204. The lowest BCUT2D eigenvalue weighted by molar-refractivity contribution is -0.126. The van der Waals surface area contributed by atoms with E-state index in [0.29, 0.717) is 12.8 Å². The summed E-state index contributed by atoms with van der Waals surface area (Å²) >= 11 is 0. The van der Waals surface area contributed by atoms with Crippen molar-refractivity contribution in [3.8, 4) is 0 Å². The largest absolute Gasteiger partial charge is 0.359 e. The quantitative estimate of drug-likeness (QED) is 0.687. The summed E-state index contributed by atoms with van der Waals surface area (Å²) in [6, 6.07) is 0. The Morgan fingerprint density at radius 2 is 1.57 bits per heavy atom. The molecular formula is C11H21NO2. The number of ketones is 1. The number of hydrogen-bond acceptors (Lipinski definition) is 2. The second-order valence-electron chi connectivity index (χ2n) is 4.55. The molecule has 0 saturated heterocycles. The average Bonchev–Trinajstić information content (AvgIpc) is 2.09. The molecule has 0 aliphatic rings. The van der Waals surface area contributed by atoms with E-state index in [1.807, 2.05) is 20.8 Å². The molecule has 0 bridgehead atoms. The smallest absolute Gasteiger partial charge is 0.219 e. The van der Waals surface area contributed by atoms with Crippen molar-refractivity contribution in [3.63, 3.8) is 0 Å². The first-order valence-electron chi connectivity index (χ1n) is 5.12. The molecule has 3 heteroatoms. The number of amides is 1. The minimum absolute atomic E-state index is 0.0493. The number of carbonyl (C=O) groups is 2. The summed E-state index contributed by atoms with van der Waals surface area (Å²) in [5, 5.41) is 2.56. The van der Waals surface area contributed by atoms with Crippen LogP contribution in [0.4, 0.5) is 0 Å². The minimum Gasteiger partial charge on any atom is -0.359 e. The van der Waals surface area contributed by atoms with Crippen LogP contribution in [0.5, 0.6) is 0 Å². The molecule has 0 fully saturated rings. The number of nitrogens with one attached hydrogen (secondary N) is 1. The molecule has 3 nitrogen and oxygen atoms in total. The van der Waals surface area contributed by atoms with Crippen molar-refractivity contribution < 1.29 is 9.59 Å². The zero-order valence-electron chi connectivity index (χ0n) is 9.64. The Kier molecular flexibility index (Phi) is 5.43. The molecule has 0 radical (unpaired) electrons. The second-order valence-corrected chi connectivity index (χ2v) is 4.55. The number of carbonyl (C=O) groups excluding carboxylic acids is 2. The highest BCUT2D eigenvalue weighted by molar-refractivity contribution is 5.83. The molecule has 0 unspecified atom stereocenters. The molecule has 82 valence electrons. The zero-order valence-corrected chi connectivity index (χ0v) is 9.64. The van der Waals surface area contributed by atoms with Gasteiger partial charge in [0.15, 0.2) is 0 Å². The van der Waals surface area contributed by atoms with Crippen LogP contribution < -0.4 is 5.32 Å². The SMILES string of the molecule is CNC(=O)CCCCC(=O)C(C)(C)C. The van der Waals surface area contributed by atoms with E-state index < -0.39 is 0 Å². The summed E-state index contributed by atoms with van der Waals surface area (Å²) < 4.78 is 0. The van der Waals surface area contributed by atoms with Crippen LogP contribution in [0.15, 0.2) is 0 Å². The summed E-state index contributed by atoms with van der Waals surface area (Å²) in [5.74, 6) is 0.322. The summed E-state index contributed by atoms with van der Waals surface area (Å²) in [5.41, 5.74) is -0.243. The molecule has 0 aromatic carbocycles. The topological polar surface area (TPSA) is 46.2 Å². The first-order chi connectivity index (χ1) is 6.38. The molecule has 0 heterocycles.